The van der Waals surface area contributed by atoms with Crippen molar-refractivity contribution in [1.82, 2.24) is 0 Å². The number of aryl methyl sites for hydroxylation is 2. The number of carbonyl (C=O) groups excluding carboxylic acids is 1. The highest BCUT2D eigenvalue weighted by Gasteiger charge is 2.44. The van der Waals surface area contributed by atoms with Gasteiger partial charge in [-0.15, -0.1) is 0 Å². The fraction of sp³-hybridized carbons (Fsp3) is 0.370. The third-order valence-corrected chi connectivity index (χ3v) is 7.19. The molecule has 6 nitrogen and oxygen atoms in total. The summed E-state index contributed by atoms with van der Waals surface area (Å²) in [5, 5.41) is 5.97. The van der Waals surface area contributed by atoms with Crippen LogP contribution in [0.3, 0.4) is 0 Å². The van der Waals surface area contributed by atoms with Gasteiger partial charge in [0.05, 0.1) is 17.3 Å². The molecule has 0 fully saturated rings. The summed E-state index contributed by atoms with van der Waals surface area (Å²) < 4.78 is 21.0. The van der Waals surface area contributed by atoms with Crippen LogP contribution in [0.5, 0.6) is 0 Å². The van der Waals surface area contributed by atoms with E-state index in [4.69, 9.17) is 16.0 Å². The molecule has 1 aliphatic carbocycles. The number of hydrogen-bond acceptors (Lipinski definition) is 6. The molecule has 0 bridgehead atoms. The number of rotatable bonds is 5. The Morgan fingerprint density at radius 3 is 2.20 bits per heavy atom. The summed E-state index contributed by atoms with van der Waals surface area (Å²) in [5.41, 5.74) is -1.39. The van der Waals surface area contributed by atoms with Crippen molar-refractivity contribution < 1.29 is 13.6 Å². The normalized spacial score (nSPS) is 16.0. The highest BCUT2D eigenvalue weighted by molar-refractivity contribution is 6.34. The first-order valence-electron chi connectivity index (χ1n) is 11.3. The molecule has 0 radical (unpaired) electrons. The molecule has 0 aliphatic heterocycles. The van der Waals surface area contributed by atoms with Gasteiger partial charge in [0.1, 0.15) is 28.7 Å². The number of fused-ring (bicyclic) bond motifs is 1. The Labute approximate surface area is 207 Å². The molecule has 1 heterocycles. The molecule has 35 heavy (non-hydrogen) atoms. The summed E-state index contributed by atoms with van der Waals surface area (Å²) in [4.78, 5) is 38.2. The molecule has 0 saturated heterocycles. The Hall–Kier alpha value is -3.19. The van der Waals surface area contributed by atoms with Gasteiger partial charge < -0.3 is 15.1 Å². The maximum absolute atomic E-state index is 15.1. The highest BCUT2D eigenvalue weighted by atomic mass is 35.5. The summed E-state index contributed by atoms with van der Waals surface area (Å²) in [5.74, 6) is 0.0882. The van der Waals surface area contributed by atoms with Crippen LogP contribution >= 0.6 is 11.6 Å². The van der Waals surface area contributed by atoms with Crippen molar-refractivity contribution in [1.29, 1.82) is 0 Å². The number of nitrogens with one attached hydrogen (secondary N) is 2. The number of hydrogen-bond donors (Lipinski definition) is 2. The molecular formula is C27H28ClFN2O4. The third-order valence-electron chi connectivity index (χ3n) is 6.90. The van der Waals surface area contributed by atoms with Gasteiger partial charge >= 0.3 is 0 Å². The summed E-state index contributed by atoms with van der Waals surface area (Å²) >= 11 is 6.31. The van der Waals surface area contributed by atoms with E-state index >= 15 is 4.39 Å². The first kappa shape index (κ1) is 24.9. The Morgan fingerprint density at radius 1 is 1.06 bits per heavy atom. The molecule has 0 spiro atoms. The topological polar surface area (TPSA) is 88.4 Å². The Bertz CT molecular complexity index is 1460. The Balaban J connectivity index is 1.80. The quantitative estimate of drug-likeness (QED) is 0.319. The SMILES string of the molecule is C=C1C(=O)c2c(Nc3c(NC(c4cc(C)c(C)o4)C(C)(C)C)c(=O)c3=O)c(F)cc(Cl)c2C1(C)C. The molecule has 0 amide bonds. The van der Waals surface area contributed by atoms with Crippen molar-refractivity contribution in [3.8, 4) is 0 Å². The zero-order valence-corrected chi connectivity index (χ0v) is 21.6. The van der Waals surface area contributed by atoms with Crippen LogP contribution in [-0.2, 0) is 5.41 Å². The van der Waals surface area contributed by atoms with Crippen molar-refractivity contribution in [2.45, 2.75) is 59.9 Å². The van der Waals surface area contributed by atoms with Crippen molar-refractivity contribution in [2.24, 2.45) is 5.41 Å². The summed E-state index contributed by atoms with van der Waals surface area (Å²) in [6.07, 6.45) is 0. The lowest BCUT2D eigenvalue weighted by Gasteiger charge is -2.31. The second kappa shape index (κ2) is 7.92. The number of furan rings is 1. The lowest BCUT2D eigenvalue weighted by atomic mass is 9.83. The Morgan fingerprint density at radius 2 is 1.66 bits per heavy atom. The van der Waals surface area contributed by atoms with Gasteiger partial charge in [-0.3, -0.25) is 14.4 Å². The molecule has 8 heteroatoms. The van der Waals surface area contributed by atoms with Gasteiger partial charge in [-0.25, -0.2) is 4.39 Å². The number of benzene rings is 1. The summed E-state index contributed by atoms with van der Waals surface area (Å²) in [6.45, 7) is 17.1. The molecule has 4 rings (SSSR count). The van der Waals surface area contributed by atoms with Crippen LogP contribution in [-0.4, -0.2) is 5.78 Å². The average molecular weight is 499 g/mol. The average Bonchev–Trinajstić information content (AvgIpc) is 3.16. The van der Waals surface area contributed by atoms with Crippen molar-refractivity contribution in [2.75, 3.05) is 10.6 Å². The fourth-order valence-electron chi connectivity index (χ4n) is 4.54. The number of allylic oxidation sites excluding steroid dienone is 1. The molecule has 0 saturated carbocycles. The maximum Gasteiger partial charge on any atom is 0.253 e. The lowest BCUT2D eigenvalue weighted by Crippen LogP contribution is -2.39. The van der Waals surface area contributed by atoms with E-state index in [1.54, 1.807) is 13.8 Å². The van der Waals surface area contributed by atoms with E-state index in [0.717, 1.165) is 17.4 Å². The van der Waals surface area contributed by atoms with Gasteiger partial charge in [0.25, 0.3) is 10.9 Å². The first-order valence-corrected chi connectivity index (χ1v) is 11.7. The van der Waals surface area contributed by atoms with Gasteiger partial charge in [-0.1, -0.05) is 52.8 Å². The zero-order valence-electron chi connectivity index (χ0n) is 20.8. The van der Waals surface area contributed by atoms with E-state index in [1.807, 2.05) is 40.7 Å². The van der Waals surface area contributed by atoms with Gasteiger partial charge in [0, 0.05) is 16.0 Å². The van der Waals surface area contributed by atoms with Crippen LogP contribution in [0.2, 0.25) is 5.02 Å². The van der Waals surface area contributed by atoms with E-state index in [-0.39, 0.29) is 33.2 Å². The van der Waals surface area contributed by atoms with Crippen LogP contribution in [0.1, 0.15) is 73.7 Å². The molecule has 2 N–H and O–H groups in total. The second-order valence-corrected chi connectivity index (χ2v) is 11.2. The molecule has 1 atom stereocenters. The number of anilines is 3. The van der Waals surface area contributed by atoms with Crippen molar-refractivity contribution >= 4 is 34.4 Å². The van der Waals surface area contributed by atoms with Crippen LogP contribution in [0.15, 0.2) is 38.3 Å². The minimum absolute atomic E-state index is 0.00765. The number of ketones is 1. The van der Waals surface area contributed by atoms with E-state index in [9.17, 15) is 14.4 Å². The minimum Gasteiger partial charge on any atom is -0.464 e. The zero-order chi connectivity index (χ0) is 26.2. The molecule has 184 valence electrons. The molecule has 1 aliphatic rings. The molecule has 1 aromatic heterocycles. The van der Waals surface area contributed by atoms with E-state index in [2.05, 4.69) is 17.2 Å². The Kier molecular flexibility index (Phi) is 5.64. The van der Waals surface area contributed by atoms with Crippen LogP contribution < -0.4 is 21.5 Å². The van der Waals surface area contributed by atoms with E-state index in [1.165, 1.54) is 0 Å². The largest absolute Gasteiger partial charge is 0.464 e. The predicted octanol–water partition coefficient (Wildman–Crippen LogP) is 6.26. The monoisotopic (exact) mass is 498 g/mol. The van der Waals surface area contributed by atoms with Gasteiger partial charge in [0.15, 0.2) is 5.78 Å². The third kappa shape index (κ3) is 3.73. The van der Waals surface area contributed by atoms with Gasteiger partial charge in [-0.2, -0.15) is 0 Å². The number of halogens is 2. The molecule has 1 unspecified atom stereocenters. The maximum atomic E-state index is 15.1. The van der Waals surface area contributed by atoms with Crippen LogP contribution in [0, 0.1) is 25.1 Å². The standard InChI is InChI=1S/C27H28ClFN2O4/c1-11-9-16(35-13(11)3)25(26(4,5)6)31-21-20(23(33)24(21)34)30-19-15(29)10-14(28)18-17(19)22(32)12(2)27(18,7)8/h9-10,25,30-31H,2H2,1,3-8H3. The molecular weight excluding hydrogens is 471 g/mol. The van der Waals surface area contributed by atoms with E-state index in [0.29, 0.717) is 11.3 Å². The fourth-order valence-corrected chi connectivity index (χ4v) is 4.97. The van der Waals surface area contributed by atoms with Gasteiger partial charge in [-0.05, 0) is 42.5 Å². The van der Waals surface area contributed by atoms with Gasteiger partial charge in [0.2, 0.25) is 0 Å². The summed E-state index contributed by atoms with van der Waals surface area (Å²) in [7, 11) is 0. The number of carbonyl (C=O) groups is 1. The summed E-state index contributed by atoms with van der Waals surface area (Å²) in [6, 6.07) is 2.52. The molecule has 3 aromatic rings. The first-order chi connectivity index (χ1) is 16.1. The van der Waals surface area contributed by atoms with Crippen molar-refractivity contribution in [3.63, 3.8) is 0 Å². The van der Waals surface area contributed by atoms with Crippen LogP contribution in [0.4, 0.5) is 21.5 Å². The second-order valence-electron chi connectivity index (χ2n) is 10.8. The predicted molar refractivity (Wildman–Crippen MR) is 137 cm³/mol. The van der Waals surface area contributed by atoms with Crippen molar-refractivity contribution in [3.05, 3.63) is 83.8 Å². The van der Waals surface area contributed by atoms with E-state index < -0.39 is 39.3 Å². The smallest absolute Gasteiger partial charge is 0.253 e. The minimum atomic E-state index is -0.811. The highest BCUT2D eigenvalue weighted by Crippen LogP contribution is 2.49. The van der Waals surface area contributed by atoms with Crippen LogP contribution in [0.25, 0.3) is 0 Å². The number of Topliss-reactive ketones (excluding diaryl/α,β-unsaturated/α-hetero) is 1. The lowest BCUT2D eigenvalue weighted by molar-refractivity contribution is 0.103. The molecule has 2 aromatic carbocycles.